The van der Waals surface area contributed by atoms with Gasteiger partial charge in [0, 0.05) is 24.8 Å². The number of aromatic nitrogens is 2. The van der Waals surface area contributed by atoms with Crippen molar-refractivity contribution in [3.05, 3.63) is 6.07 Å². The summed E-state index contributed by atoms with van der Waals surface area (Å²) >= 11 is 0. The van der Waals surface area contributed by atoms with Gasteiger partial charge in [-0.3, -0.25) is 0 Å². The molecule has 0 bridgehead atoms. The predicted octanol–water partition coefficient (Wildman–Crippen LogP) is 1.84. The van der Waals surface area contributed by atoms with Gasteiger partial charge in [-0.2, -0.15) is 9.97 Å². The number of hydrogen-bond acceptors (Lipinski definition) is 6. The topological polar surface area (TPSA) is 96.1 Å². The Balaban J connectivity index is 2.84. The summed E-state index contributed by atoms with van der Waals surface area (Å²) < 4.78 is 0. The van der Waals surface area contributed by atoms with E-state index in [4.69, 9.17) is 10.8 Å². The van der Waals surface area contributed by atoms with E-state index in [-0.39, 0.29) is 18.1 Å². The Bertz CT molecular complexity index is 399. The molecule has 0 aromatic carbocycles. The highest BCUT2D eigenvalue weighted by molar-refractivity contribution is 5.52. The van der Waals surface area contributed by atoms with Crippen LogP contribution in [0, 0.1) is 0 Å². The quantitative estimate of drug-likeness (QED) is 0.574. The van der Waals surface area contributed by atoms with Crippen molar-refractivity contribution in [1.82, 2.24) is 9.97 Å². The van der Waals surface area contributed by atoms with Crippen LogP contribution in [0.1, 0.15) is 40.0 Å². The molecule has 1 unspecified atom stereocenters. The second-order valence-electron chi connectivity index (χ2n) is 4.94. The van der Waals surface area contributed by atoms with E-state index in [2.05, 4.69) is 41.4 Å². The Morgan fingerprint density at radius 2 is 2.00 bits per heavy atom. The number of nitrogens with zero attached hydrogens (tertiary/aromatic N) is 2. The van der Waals surface area contributed by atoms with Gasteiger partial charge in [0.15, 0.2) is 0 Å². The van der Waals surface area contributed by atoms with Crippen molar-refractivity contribution >= 4 is 17.6 Å². The highest BCUT2D eigenvalue weighted by atomic mass is 16.3. The van der Waals surface area contributed by atoms with Crippen LogP contribution < -0.4 is 16.4 Å². The largest absolute Gasteiger partial charge is 0.396 e. The van der Waals surface area contributed by atoms with Gasteiger partial charge in [0.05, 0.1) is 0 Å². The third-order valence-corrected chi connectivity index (χ3v) is 3.17. The van der Waals surface area contributed by atoms with Crippen LogP contribution in [0.25, 0.3) is 0 Å². The van der Waals surface area contributed by atoms with Crippen LogP contribution in [0.2, 0.25) is 0 Å². The van der Waals surface area contributed by atoms with Crippen molar-refractivity contribution in [1.29, 1.82) is 0 Å². The van der Waals surface area contributed by atoms with Crippen molar-refractivity contribution in [2.75, 3.05) is 29.5 Å². The molecular formula is C13H25N5O. The maximum absolute atomic E-state index is 9.13. The Morgan fingerprint density at radius 1 is 1.32 bits per heavy atom. The third-order valence-electron chi connectivity index (χ3n) is 3.17. The van der Waals surface area contributed by atoms with E-state index in [0.29, 0.717) is 12.2 Å². The Morgan fingerprint density at radius 3 is 2.58 bits per heavy atom. The molecule has 0 spiro atoms. The van der Waals surface area contributed by atoms with Crippen molar-refractivity contribution in [2.24, 2.45) is 0 Å². The number of aliphatic hydroxyl groups excluding tert-OH is 1. The second kappa shape index (κ2) is 7.13. The smallest absolute Gasteiger partial charge is 0.223 e. The first kappa shape index (κ1) is 15.5. The van der Waals surface area contributed by atoms with Crippen LogP contribution in [-0.2, 0) is 0 Å². The van der Waals surface area contributed by atoms with Crippen LogP contribution in [0.4, 0.5) is 17.6 Å². The lowest BCUT2D eigenvalue weighted by Crippen LogP contribution is -2.35. The lowest BCUT2D eigenvalue weighted by atomic mass is 9.95. The summed E-state index contributed by atoms with van der Waals surface area (Å²) in [7, 11) is 0. The molecule has 0 radical (unpaired) electrons. The number of nitrogens with two attached hydrogens (primary N) is 1. The molecule has 0 aliphatic rings. The molecule has 0 aliphatic carbocycles. The molecule has 1 aromatic heterocycles. The zero-order valence-electron chi connectivity index (χ0n) is 12.0. The minimum absolute atomic E-state index is 0.138. The van der Waals surface area contributed by atoms with Gasteiger partial charge in [0.1, 0.15) is 11.6 Å². The Labute approximate surface area is 114 Å². The fraction of sp³-hybridized carbons (Fsp3) is 0.692. The third kappa shape index (κ3) is 4.90. The first-order chi connectivity index (χ1) is 9.03. The zero-order valence-corrected chi connectivity index (χ0v) is 12.0. The average Bonchev–Trinajstić information content (AvgIpc) is 2.36. The molecule has 108 valence electrons. The van der Waals surface area contributed by atoms with Gasteiger partial charge in [-0.15, -0.1) is 0 Å². The number of nitrogens with one attached hydrogen (secondary N) is 2. The standard InChI is InChI=1S/C13H25N5O/c1-4-7-15-10-9-11(17-12(14)16-10)18-13(3,5-2)6-8-19/h9,19H,4-8H2,1-3H3,(H4,14,15,16,17,18). The molecule has 5 N–H and O–H groups in total. The molecule has 19 heavy (non-hydrogen) atoms. The molecule has 0 aliphatic heterocycles. The predicted molar refractivity (Wildman–Crippen MR) is 79.2 cm³/mol. The molecule has 0 saturated carbocycles. The second-order valence-corrected chi connectivity index (χ2v) is 4.94. The molecule has 1 heterocycles. The van der Waals surface area contributed by atoms with Crippen molar-refractivity contribution < 1.29 is 5.11 Å². The summed E-state index contributed by atoms with van der Waals surface area (Å²) in [5.41, 5.74) is 5.52. The number of hydrogen-bond donors (Lipinski definition) is 4. The van der Waals surface area contributed by atoms with E-state index in [1.165, 1.54) is 0 Å². The first-order valence-corrected chi connectivity index (χ1v) is 6.80. The van der Waals surface area contributed by atoms with Crippen molar-refractivity contribution in [3.63, 3.8) is 0 Å². The lowest BCUT2D eigenvalue weighted by molar-refractivity contribution is 0.252. The van der Waals surface area contributed by atoms with Crippen LogP contribution in [0.3, 0.4) is 0 Å². The molecular weight excluding hydrogens is 242 g/mol. The first-order valence-electron chi connectivity index (χ1n) is 6.80. The van der Waals surface area contributed by atoms with Gasteiger partial charge in [-0.1, -0.05) is 13.8 Å². The van der Waals surface area contributed by atoms with Crippen LogP contribution in [0.15, 0.2) is 6.07 Å². The van der Waals surface area contributed by atoms with Gasteiger partial charge in [-0.25, -0.2) is 0 Å². The highest BCUT2D eigenvalue weighted by Gasteiger charge is 2.21. The summed E-state index contributed by atoms with van der Waals surface area (Å²) in [6.07, 6.45) is 2.56. The molecule has 0 saturated heterocycles. The molecule has 1 rings (SSSR count). The normalized spacial score (nSPS) is 13.9. The Hall–Kier alpha value is -1.56. The summed E-state index contributed by atoms with van der Waals surface area (Å²) in [5, 5.41) is 15.6. The molecule has 6 heteroatoms. The molecule has 1 atom stereocenters. The van der Waals surface area contributed by atoms with Crippen LogP contribution >= 0.6 is 0 Å². The SMILES string of the molecule is CCCNc1cc(NC(C)(CC)CCO)nc(N)n1. The van der Waals surface area contributed by atoms with Gasteiger partial charge < -0.3 is 21.5 Å². The zero-order chi connectivity index (χ0) is 14.3. The van der Waals surface area contributed by atoms with E-state index in [9.17, 15) is 0 Å². The van der Waals surface area contributed by atoms with Crippen LogP contribution in [0.5, 0.6) is 0 Å². The molecule has 0 amide bonds. The highest BCUT2D eigenvalue weighted by Crippen LogP contribution is 2.22. The maximum Gasteiger partial charge on any atom is 0.223 e. The monoisotopic (exact) mass is 267 g/mol. The van der Waals surface area contributed by atoms with E-state index in [1.807, 2.05) is 6.07 Å². The minimum atomic E-state index is -0.197. The van der Waals surface area contributed by atoms with Gasteiger partial charge in [-0.05, 0) is 26.2 Å². The summed E-state index contributed by atoms with van der Waals surface area (Å²) in [4.78, 5) is 8.33. The van der Waals surface area contributed by atoms with E-state index in [1.54, 1.807) is 0 Å². The Kier molecular flexibility index (Phi) is 5.82. The van der Waals surface area contributed by atoms with Crippen molar-refractivity contribution in [2.45, 2.75) is 45.6 Å². The van der Waals surface area contributed by atoms with E-state index < -0.39 is 0 Å². The molecule has 0 fully saturated rings. The van der Waals surface area contributed by atoms with E-state index in [0.717, 1.165) is 25.2 Å². The molecule has 6 nitrogen and oxygen atoms in total. The van der Waals surface area contributed by atoms with Gasteiger partial charge in [0.2, 0.25) is 5.95 Å². The number of nitrogen functional groups attached to an aromatic ring is 1. The van der Waals surface area contributed by atoms with E-state index >= 15 is 0 Å². The summed E-state index contributed by atoms with van der Waals surface area (Å²) in [6.45, 7) is 7.20. The number of rotatable bonds is 8. The summed E-state index contributed by atoms with van der Waals surface area (Å²) in [6, 6.07) is 1.84. The number of aliphatic hydroxyl groups is 1. The number of anilines is 3. The summed E-state index contributed by atoms with van der Waals surface area (Å²) in [5.74, 6) is 1.65. The minimum Gasteiger partial charge on any atom is -0.396 e. The van der Waals surface area contributed by atoms with Gasteiger partial charge in [0.25, 0.3) is 0 Å². The fourth-order valence-electron chi connectivity index (χ4n) is 1.76. The molecule has 1 aromatic rings. The van der Waals surface area contributed by atoms with Gasteiger partial charge >= 0.3 is 0 Å². The lowest BCUT2D eigenvalue weighted by Gasteiger charge is -2.29. The average molecular weight is 267 g/mol. The van der Waals surface area contributed by atoms with Crippen molar-refractivity contribution in [3.8, 4) is 0 Å². The maximum atomic E-state index is 9.13. The fourth-order valence-corrected chi connectivity index (χ4v) is 1.76. The van der Waals surface area contributed by atoms with Crippen LogP contribution in [-0.4, -0.2) is 33.8 Å².